The summed E-state index contributed by atoms with van der Waals surface area (Å²) in [5.74, 6) is 1.18. The molecule has 1 amide bonds. The van der Waals surface area contributed by atoms with E-state index in [0.717, 1.165) is 34.1 Å². The van der Waals surface area contributed by atoms with Gasteiger partial charge in [0.15, 0.2) is 16.7 Å². The van der Waals surface area contributed by atoms with Gasteiger partial charge in [0.2, 0.25) is 0 Å². The van der Waals surface area contributed by atoms with Gasteiger partial charge in [0.05, 0.1) is 17.7 Å². The van der Waals surface area contributed by atoms with Gasteiger partial charge < -0.3 is 9.47 Å². The van der Waals surface area contributed by atoms with E-state index in [4.69, 9.17) is 14.5 Å². The van der Waals surface area contributed by atoms with Crippen molar-refractivity contribution in [3.8, 4) is 11.5 Å². The number of thioether (sulfide) groups is 1. The molecule has 3 aromatic carbocycles. The van der Waals surface area contributed by atoms with Crippen LogP contribution in [0.3, 0.4) is 0 Å². The molecule has 0 saturated carbocycles. The van der Waals surface area contributed by atoms with Crippen LogP contribution in [0.5, 0.6) is 11.5 Å². The molecule has 7 heteroatoms. The summed E-state index contributed by atoms with van der Waals surface area (Å²) in [5, 5.41) is 0.698. The van der Waals surface area contributed by atoms with E-state index < -0.39 is 0 Å². The number of rotatable bonds is 9. The van der Waals surface area contributed by atoms with Crippen LogP contribution in [0.25, 0.3) is 6.08 Å². The van der Waals surface area contributed by atoms with Gasteiger partial charge in [0, 0.05) is 16.6 Å². The number of methoxy groups -OCH3 is 1. The van der Waals surface area contributed by atoms with E-state index in [1.165, 1.54) is 17.3 Å². The second-order valence-electron chi connectivity index (χ2n) is 8.44. The Kier molecular flexibility index (Phi) is 8.88. The number of carbonyl (C=O) groups is 1. The molecule has 0 atom stereocenters. The van der Waals surface area contributed by atoms with E-state index in [1.807, 2.05) is 79.7 Å². The number of benzene rings is 3. The lowest BCUT2D eigenvalue weighted by molar-refractivity contribution is -0.122. The third kappa shape index (κ3) is 6.39. The molecular weight excluding hydrogens is 536 g/mol. The Morgan fingerprint density at radius 2 is 1.81 bits per heavy atom. The number of nitrogens with zero attached hydrogens (tertiary/aromatic N) is 2. The number of amides is 1. The zero-order valence-corrected chi connectivity index (χ0v) is 23.1. The molecule has 1 aliphatic heterocycles. The van der Waals surface area contributed by atoms with Gasteiger partial charge in [-0.3, -0.25) is 9.69 Å². The normalized spacial score (nSPS) is 15.7. The van der Waals surface area contributed by atoms with Crippen molar-refractivity contribution in [2.45, 2.75) is 33.3 Å². The molecule has 0 spiro atoms. The number of para-hydroxylation sites is 1. The number of aliphatic imine (C=N–C) groups is 1. The molecule has 1 fully saturated rings. The predicted octanol–water partition coefficient (Wildman–Crippen LogP) is 7.75. The van der Waals surface area contributed by atoms with E-state index >= 15 is 0 Å². The molecule has 0 bridgehead atoms. The molecule has 36 heavy (non-hydrogen) atoms. The summed E-state index contributed by atoms with van der Waals surface area (Å²) in [6.07, 6.45) is 3.78. The number of halogens is 1. The lowest BCUT2D eigenvalue weighted by Crippen LogP contribution is -2.30. The summed E-state index contributed by atoms with van der Waals surface area (Å²) in [6, 6.07) is 21.7. The minimum absolute atomic E-state index is 0.0407. The van der Waals surface area contributed by atoms with E-state index in [9.17, 15) is 4.79 Å². The van der Waals surface area contributed by atoms with Crippen LogP contribution >= 0.6 is 27.7 Å². The zero-order valence-electron chi connectivity index (χ0n) is 20.7. The van der Waals surface area contributed by atoms with Crippen molar-refractivity contribution in [2.75, 3.05) is 13.7 Å². The molecule has 0 unspecified atom stereocenters. The van der Waals surface area contributed by atoms with Gasteiger partial charge in [-0.25, -0.2) is 4.99 Å². The van der Waals surface area contributed by atoms with E-state index in [0.29, 0.717) is 34.7 Å². The zero-order chi connectivity index (χ0) is 25.5. The molecule has 0 aromatic heterocycles. The summed E-state index contributed by atoms with van der Waals surface area (Å²) in [5.41, 5.74) is 3.83. The van der Waals surface area contributed by atoms with Crippen LogP contribution in [0.4, 0.5) is 5.69 Å². The fourth-order valence-corrected chi connectivity index (χ4v) is 4.95. The first-order valence-corrected chi connectivity index (χ1v) is 13.5. The highest BCUT2D eigenvalue weighted by Gasteiger charge is 2.33. The van der Waals surface area contributed by atoms with Crippen molar-refractivity contribution in [2.24, 2.45) is 4.99 Å². The minimum Gasteiger partial charge on any atom is -0.493 e. The third-order valence-corrected chi connectivity index (χ3v) is 7.23. The number of hydrogen-bond donors (Lipinski definition) is 0. The van der Waals surface area contributed by atoms with Crippen molar-refractivity contribution >= 4 is 50.5 Å². The minimum atomic E-state index is -0.0407. The summed E-state index contributed by atoms with van der Waals surface area (Å²) in [4.78, 5) is 20.6. The van der Waals surface area contributed by atoms with Gasteiger partial charge in [-0.2, -0.15) is 0 Å². The first kappa shape index (κ1) is 26.0. The Morgan fingerprint density at radius 1 is 1.06 bits per heavy atom. The number of ether oxygens (including phenoxy) is 2. The van der Waals surface area contributed by atoms with Gasteiger partial charge in [0.25, 0.3) is 5.91 Å². The molecule has 1 aliphatic rings. The van der Waals surface area contributed by atoms with E-state index in [2.05, 4.69) is 22.9 Å². The van der Waals surface area contributed by atoms with Crippen LogP contribution in [-0.2, 0) is 11.4 Å². The number of amidine groups is 1. The molecule has 3 aromatic rings. The Balaban J connectivity index is 1.65. The van der Waals surface area contributed by atoms with Crippen molar-refractivity contribution in [3.63, 3.8) is 0 Å². The molecule has 0 aliphatic carbocycles. The van der Waals surface area contributed by atoms with Crippen LogP contribution in [0.2, 0.25) is 0 Å². The average molecular weight is 566 g/mol. The molecule has 5 nitrogen and oxygen atoms in total. The quantitative estimate of drug-likeness (QED) is 0.249. The predicted molar refractivity (Wildman–Crippen MR) is 152 cm³/mol. The van der Waals surface area contributed by atoms with Crippen molar-refractivity contribution in [1.82, 2.24) is 4.90 Å². The summed E-state index contributed by atoms with van der Waals surface area (Å²) in [6.45, 7) is 5.18. The highest BCUT2D eigenvalue weighted by atomic mass is 79.9. The number of carbonyl (C=O) groups excluding carboxylic acids is 1. The molecular formula is C29H29BrN2O3S. The molecule has 1 heterocycles. The number of unbranched alkanes of at least 4 members (excludes halogenated alkanes) is 1. The maximum atomic E-state index is 13.4. The standard InChI is InChI=1S/C29H29BrN2O3S/c1-4-5-17-32-28(33)26(36-29(32)31-24-15-9-20(2)10-16-24)18-22-7-6-8-25(34-3)27(22)35-19-21-11-13-23(30)14-12-21/h6-16,18H,4-5,17,19H2,1-3H3/b26-18+,31-29?. The fraction of sp³-hybridized carbons (Fsp3) is 0.241. The van der Waals surface area contributed by atoms with Crippen LogP contribution in [-0.4, -0.2) is 29.6 Å². The molecule has 186 valence electrons. The smallest absolute Gasteiger partial charge is 0.266 e. The van der Waals surface area contributed by atoms with Crippen LogP contribution in [0.1, 0.15) is 36.5 Å². The average Bonchev–Trinajstić information content (AvgIpc) is 3.17. The SMILES string of the molecule is CCCCN1C(=O)/C(=C\c2cccc(OC)c2OCc2ccc(Br)cc2)SC1=Nc1ccc(C)cc1. The number of hydrogen-bond acceptors (Lipinski definition) is 5. The van der Waals surface area contributed by atoms with E-state index in [-0.39, 0.29) is 5.91 Å². The van der Waals surface area contributed by atoms with Crippen molar-refractivity contribution in [3.05, 3.63) is 92.8 Å². The third-order valence-electron chi connectivity index (χ3n) is 5.69. The fourth-order valence-electron chi connectivity index (χ4n) is 3.67. The topological polar surface area (TPSA) is 51.1 Å². The Bertz CT molecular complexity index is 1270. The maximum Gasteiger partial charge on any atom is 0.266 e. The Morgan fingerprint density at radius 3 is 2.50 bits per heavy atom. The Hall–Kier alpha value is -3.03. The Labute approximate surface area is 225 Å². The molecule has 1 saturated heterocycles. The lowest BCUT2D eigenvalue weighted by atomic mass is 10.1. The molecule has 0 radical (unpaired) electrons. The monoisotopic (exact) mass is 564 g/mol. The lowest BCUT2D eigenvalue weighted by Gasteiger charge is -2.15. The van der Waals surface area contributed by atoms with Gasteiger partial charge in [-0.15, -0.1) is 0 Å². The second kappa shape index (κ2) is 12.3. The first-order valence-electron chi connectivity index (χ1n) is 11.9. The van der Waals surface area contributed by atoms with Gasteiger partial charge >= 0.3 is 0 Å². The van der Waals surface area contributed by atoms with Crippen molar-refractivity contribution in [1.29, 1.82) is 0 Å². The van der Waals surface area contributed by atoms with Crippen LogP contribution < -0.4 is 9.47 Å². The summed E-state index contributed by atoms with van der Waals surface area (Å²) >= 11 is 4.86. The van der Waals surface area contributed by atoms with Crippen molar-refractivity contribution < 1.29 is 14.3 Å². The van der Waals surface area contributed by atoms with Crippen LogP contribution in [0.15, 0.2) is 81.1 Å². The molecule has 4 rings (SSSR count). The molecule has 0 N–H and O–H groups in total. The largest absolute Gasteiger partial charge is 0.493 e. The summed E-state index contributed by atoms with van der Waals surface area (Å²) in [7, 11) is 1.62. The van der Waals surface area contributed by atoms with Gasteiger partial charge in [-0.05, 0) is 67.1 Å². The van der Waals surface area contributed by atoms with Gasteiger partial charge in [0.1, 0.15) is 6.61 Å². The summed E-state index contributed by atoms with van der Waals surface area (Å²) < 4.78 is 12.8. The first-order chi connectivity index (χ1) is 17.5. The maximum absolute atomic E-state index is 13.4. The highest BCUT2D eigenvalue weighted by molar-refractivity contribution is 9.10. The van der Waals surface area contributed by atoms with Gasteiger partial charge in [-0.1, -0.05) is 71.2 Å². The second-order valence-corrected chi connectivity index (χ2v) is 10.4. The van der Waals surface area contributed by atoms with Crippen LogP contribution in [0, 0.1) is 6.92 Å². The number of aryl methyl sites for hydroxylation is 1. The van der Waals surface area contributed by atoms with E-state index in [1.54, 1.807) is 12.0 Å². The highest BCUT2D eigenvalue weighted by Crippen LogP contribution is 2.38.